The SMILES string of the molecule is CC(C)c1cc(Br)cc(C(C)C)c1OC(=S)N(C)C. The van der Waals surface area contributed by atoms with Gasteiger partial charge in [0, 0.05) is 18.6 Å². The van der Waals surface area contributed by atoms with Gasteiger partial charge in [0.15, 0.2) is 0 Å². The topological polar surface area (TPSA) is 12.5 Å². The van der Waals surface area contributed by atoms with Crippen LogP contribution in [0.25, 0.3) is 0 Å². The molecule has 19 heavy (non-hydrogen) atoms. The maximum atomic E-state index is 5.95. The van der Waals surface area contributed by atoms with E-state index < -0.39 is 0 Å². The largest absolute Gasteiger partial charge is 0.431 e. The lowest BCUT2D eigenvalue weighted by Gasteiger charge is -2.22. The monoisotopic (exact) mass is 343 g/mol. The average molecular weight is 344 g/mol. The minimum Gasteiger partial charge on any atom is -0.431 e. The van der Waals surface area contributed by atoms with E-state index in [9.17, 15) is 0 Å². The number of halogens is 1. The van der Waals surface area contributed by atoms with Crippen LogP contribution in [-0.2, 0) is 0 Å². The van der Waals surface area contributed by atoms with Crippen LogP contribution in [-0.4, -0.2) is 24.2 Å². The highest BCUT2D eigenvalue weighted by molar-refractivity contribution is 9.10. The summed E-state index contributed by atoms with van der Waals surface area (Å²) in [7, 11) is 3.79. The molecule has 4 heteroatoms. The fourth-order valence-corrected chi connectivity index (χ4v) is 2.37. The van der Waals surface area contributed by atoms with E-state index in [1.807, 2.05) is 19.0 Å². The highest BCUT2D eigenvalue weighted by Gasteiger charge is 2.18. The Labute approximate surface area is 130 Å². The van der Waals surface area contributed by atoms with E-state index in [2.05, 4.69) is 55.8 Å². The minimum absolute atomic E-state index is 0.384. The Morgan fingerprint density at radius 1 is 1.11 bits per heavy atom. The van der Waals surface area contributed by atoms with Crippen LogP contribution < -0.4 is 4.74 Å². The molecule has 0 aliphatic heterocycles. The van der Waals surface area contributed by atoms with Crippen molar-refractivity contribution in [2.24, 2.45) is 0 Å². The van der Waals surface area contributed by atoms with Gasteiger partial charge in [0.1, 0.15) is 5.75 Å². The van der Waals surface area contributed by atoms with Crippen LogP contribution >= 0.6 is 28.1 Å². The fraction of sp³-hybridized carbons (Fsp3) is 0.533. The summed E-state index contributed by atoms with van der Waals surface area (Å²) < 4.78 is 7.04. The van der Waals surface area contributed by atoms with Gasteiger partial charge in [0.2, 0.25) is 0 Å². The Morgan fingerprint density at radius 3 is 1.84 bits per heavy atom. The molecule has 0 amide bonds. The van der Waals surface area contributed by atoms with Gasteiger partial charge in [-0.15, -0.1) is 0 Å². The Hall–Kier alpha value is -0.610. The van der Waals surface area contributed by atoms with Crippen molar-refractivity contribution in [3.05, 3.63) is 27.7 Å². The van der Waals surface area contributed by atoms with E-state index >= 15 is 0 Å². The summed E-state index contributed by atoms with van der Waals surface area (Å²) in [6.45, 7) is 8.66. The number of benzene rings is 1. The summed E-state index contributed by atoms with van der Waals surface area (Å²) in [6, 6.07) is 4.23. The molecular formula is C15H22BrNOS. The molecule has 0 saturated heterocycles. The normalized spacial score (nSPS) is 11.0. The number of ether oxygens (including phenoxy) is 1. The van der Waals surface area contributed by atoms with Crippen molar-refractivity contribution in [3.8, 4) is 5.75 Å². The Morgan fingerprint density at radius 2 is 1.53 bits per heavy atom. The first-order chi connectivity index (χ1) is 8.73. The van der Waals surface area contributed by atoms with E-state index in [1.54, 1.807) is 0 Å². The maximum absolute atomic E-state index is 5.95. The predicted octanol–water partition coefficient (Wildman–Crippen LogP) is 4.92. The van der Waals surface area contributed by atoms with Crippen molar-refractivity contribution < 1.29 is 4.74 Å². The van der Waals surface area contributed by atoms with Gasteiger partial charge in [-0.25, -0.2) is 0 Å². The molecule has 1 rings (SSSR count). The number of nitrogens with zero attached hydrogens (tertiary/aromatic N) is 1. The van der Waals surface area contributed by atoms with Gasteiger partial charge in [0.25, 0.3) is 5.17 Å². The van der Waals surface area contributed by atoms with E-state index in [0.29, 0.717) is 17.0 Å². The summed E-state index contributed by atoms with van der Waals surface area (Å²) in [4.78, 5) is 1.81. The van der Waals surface area contributed by atoms with E-state index in [1.165, 1.54) is 11.1 Å². The minimum atomic E-state index is 0.384. The molecule has 0 heterocycles. The highest BCUT2D eigenvalue weighted by Crippen LogP contribution is 2.37. The summed E-state index contributed by atoms with van der Waals surface area (Å²) in [6.07, 6.45) is 0. The Balaban J connectivity index is 3.35. The number of hydrogen-bond acceptors (Lipinski definition) is 2. The van der Waals surface area contributed by atoms with Crippen molar-refractivity contribution in [2.75, 3.05) is 14.1 Å². The molecule has 0 bridgehead atoms. The predicted molar refractivity (Wildman–Crippen MR) is 89.2 cm³/mol. The third-order valence-electron chi connectivity index (χ3n) is 2.91. The van der Waals surface area contributed by atoms with Gasteiger partial charge >= 0.3 is 0 Å². The molecule has 1 aromatic rings. The van der Waals surface area contributed by atoms with Gasteiger partial charge < -0.3 is 9.64 Å². The molecule has 2 nitrogen and oxygen atoms in total. The lowest BCUT2D eigenvalue weighted by atomic mass is 9.94. The van der Waals surface area contributed by atoms with Crippen LogP contribution in [0, 0.1) is 0 Å². The summed E-state index contributed by atoms with van der Waals surface area (Å²) in [5.41, 5.74) is 2.37. The first-order valence-electron chi connectivity index (χ1n) is 6.46. The van der Waals surface area contributed by atoms with Gasteiger partial charge in [-0.2, -0.15) is 0 Å². The van der Waals surface area contributed by atoms with Crippen molar-refractivity contribution in [2.45, 2.75) is 39.5 Å². The molecule has 106 valence electrons. The van der Waals surface area contributed by atoms with Crippen LogP contribution in [0.2, 0.25) is 0 Å². The second-order valence-electron chi connectivity index (χ2n) is 5.49. The molecule has 0 fully saturated rings. The van der Waals surface area contributed by atoms with Crippen LogP contribution in [0.4, 0.5) is 0 Å². The number of hydrogen-bond donors (Lipinski definition) is 0. The number of rotatable bonds is 3. The summed E-state index contributed by atoms with van der Waals surface area (Å²) in [5, 5.41) is 0.492. The molecular weight excluding hydrogens is 322 g/mol. The van der Waals surface area contributed by atoms with Gasteiger partial charge in [0.05, 0.1) is 0 Å². The van der Waals surface area contributed by atoms with Crippen molar-refractivity contribution >= 4 is 33.3 Å². The van der Waals surface area contributed by atoms with Crippen LogP contribution in [0.5, 0.6) is 5.75 Å². The lowest BCUT2D eigenvalue weighted by molar-refractivity contribution is 0.438. The van der Waals surface area contributed by atoms with Crippen molar-refractivity contribution in [1.82, 2.24) is 4.90 Å². The standard InChI is InChI=1S/C15H22BrNOS/c1-9(2)12-7-11(16)8-13(10(3)4)14(12)18-15(19)17(5)6/h7-10H,1-6H3. The zero-order valence-corrected chi connectivity index (χ0v) is 14.9. The summed E-state index contributed by atoms with van der Waals surface area (Å²) in [5.74, 6) is 1.68. The van der Waals surface area contributed by atoms with Crippen LogP contribution in [0.3, 0.4) is 0 Å². The third kappa shape index (κ3) is 4.18. The fourth-order valence-electron chi connectivity index (χ4n) is 1.79. The molecule has 0 aliphatic rings. The Kier molecular flexibility index (Phi) is 5.81. The first-order valence-corrected chi connectivity index (χ1v) is 7.66. The van der Waals surface area contributed by atoms with E-state index in [4.69, 9.17) is 17.0 Å². The molecule has 0 spiro atoms. The smallest absolute Gasteiger partial charge is 0.264 e. The molecule has 0 saturated carbocycles. The van der Waals surface area contributed by atoms with Gasteiger partial charge in [-0.05, 0) is 47.3 Å². The van der Waals surface area contributed by atoms with Gasteiger partial charge in [-0.1, -0.05) is 43.6 Å². The zero-order valence-electron chi connectivity index (χ0n) is 12.5. The second kappa shape index (κ2) is 6.71. The van der Waals surface area contributed by atoms with Crippen molar-refractivity contribution in [3.63, 3.8) is 0 Å². The number of thiocarbonyl (C=S) groups is 1. The van der Waals surface area contributed by atoms with Crippen LogP contribution in [0.1, 0.15) is 50.7 Å². The quantitative estimate of drug-likeness (QED) is 0.722. The Bertz CT molecular complexity index is 440. The molecule has 0 radical (unpaired) electrons. The molecule has 0 atom stereocenters. The molecule has 0 aromatic heterocycles. The first kappa shape index (κ1) is 16.4. The molecule has 0 N–H and O–H groups in total. The van der Waals surface area contributed by atoms with Crippen molar-refractivity contribution in [1.29, 1.82) is 0 Å². The highest BCUT2D eigenvalue weighted by atomic mass is 79.9. The zero-order chi connectivity index (χ0) is 14.7. The molecule has 1 aromatic carbocycles. The summed E-state index contributed by atoms with van der Waals surface area (Å²) >= 11 is 8.86. The molecule has 0 unspecified atom stereocenters. The maximum Gasteiger partial charge on any atom is 0.264 e. The average Bonchev–Trinajstić information content (AvgIpc) is 2.29. The lowest BCUT2D eigenvalue weighted by Crippen LogP contribution is -2.26. The molecule has 0 aliphatic carbocycles. The third-order valence-corrected chi connectivity index (χ3v) is 3.82. The van der Waals surface area contributed by atoms with Gasteiger partial charge in [-0.3, -0.25) is 0 Å². The van der Waals surface area contributed by atoms with E-state index in [0.717, 1.165) is 10.2 Å². The van der Waals surface area contributed by atoms with E-state index in [-0.39, 0.29) is 0 Å². The second-order valence-corrected chi connectivity index (χ2v) is 6.75. The van der Waals surface area contributed by atoms with Crippen LogP contribution in [0.15, 0.2) is 16.6 Å².